The average Bonchev–Trinajstić information content (AvgIpc) is 3.43. The fourth-order valence-corrected chi connectivity index (χ4v) is 4.13. The van der Waals surface area contributed by atoms with E-state index in [1.807, 2.05) is 10.6 Å². The van der Waals surface area contributed by atoms with Gasteiger partial charge in [0.15, 0.2) is 0 Å². The summed E-state index contributed by atoms with van der Waals surface area (Å²) in [6, 6.07) is 7.49. The molecule has 6 heteroatoms. The molecular formula is C21H24FN5. The van der Waals surface area contributed by atoms with Gasteiger partial charge in [-0.25, -0.2) is 14.4 Å². The minimum atomic E-state index is -0.235. The van der Waals surface area contributed by atoms with Gasteiger partial charge in [0.2, 0.25) is 0 Å². The highest BCUT2D eigenvalue weighted by molar-refractivity contribution is 5.93. The Bertz CT molecular complexity index is 993. The summed E-state index contributed by atoms with van der Waals surface area (Å²) in [5.41, 5.74) is 2.97. The van der Waals surface area contributed by atoms with Gasteiger partial charge in [0, 0.05) is 37.1 Å². The highest BCUT2D eigenvalue weighted by Gasteiger charge is 2.32. The summed E-state index contributed by atoms with van der Waals surface area (Å²) >= 11 is 0. The van der Waals surface area contributed by atoms with Crippen LogP contribution in [0.2, 0.25) is 0 Å². The monoisotopic (exact) mass is 365 g/mol. The van der Waals surface area contributed by atoms with Crippen LogP contribution in [0.3, 0.4) is 0 Å². The molecule has 1 aromatic carbocycles. The summed E-state index contributed by atoms with van der Waals surface area (Å²) in [6.07, 6.45) is 6.18. The van der Waals surface area contributed by atoms with Crippen LogP contribution in [0, 0.1) is 5.82 Å². The molecule has 27 heavy (non-hydrogen) atoms. The number of nitrogens with one attached hydrogen (secondary N) is 1. The van der Waals surface area contributed by atoms with Gasteiger partial charge in [-0.3, -0.25) is 0 Å². The first-order valence-electron chi connectivity index (χ1n) is 9.73. The van der Waals surface area contributed by atoms with E-state index in [1.165, 1.54) is 24.5 Å². The predicted octanol–water partition coefficient (Wildman–Crippen LogP) is 3.62. The number of rotatable bonds is 3. The number of halogens is 1. The molecule has 3 heterocycles. The Kier molecular flexibility index (Phi) is 3.90. The van der Waals surface area contributed by atoms with Crippen molar-refractivity contribution < 1.29 is 4.39 Å². The van der Waals surface area contributed by atoms with Crippen molar-refractivity contribution in [2.45, 2.75) is 44.7 Å². The first kappa shape index (κ1) is 16.7. The molecule has 0 radical (unpaired) electrons. The molecule has 2 aromatic heterocycles. The van der Waals surface area contributed by atoms with E-state index < -0.39 is 0 Å². The zero-order valence-corrected chi connectivity index (χ0v) is 15.7. The maximum atomic E-state index is 13.8. The molecule has 5 nitrogen and oxygen atoms in total. The number of hydrogen-bond acceptors (Lipinski definition) is 4. The highest BCUT2D eigenvalue weighted by atomic mass is 19.1. The van der Waals surface area contributed by atoms with Crippen molar-refractivity contribution in [2.75, 3.05) is 18.0 Å². The summed E-state index contributed by atoms with van der Waals surface area (Å²) in [5.74, 6) is 1.33. The van der Waals surface area contributed by atoms with Gasteiger partial charge in [-0.05, 0) is 56.4 Å². The normalized spacial score (nSPS) is 23.1. The summed E-state index contributed by atoms with van der Waals surface area (Å²) in [5, 5.41) is 4.66. The number of nitrogens with zero attached hydrogens (tertiary/aromatic N) is 4. The van der Waals surface area contributed by atoms with Crippen molar-refractivity contribution in [3.8, 4) is 5.69 Å². The minimum Gasteiger partial charge on any atom is -0.350 e. The number of hydrogen-bond donors (Lipinski definition) is 1. The molecule has 1 N–H and O–H groups in total. The van der Waals surface area contributed by atoms with E-state index in [-0.39, 0.29) is 5.82 Å². The van der Waals surface area contributed by atoms with Crippen LogP contribution < -0.4 is 10.2 Å². The summed E-state index contributed by atoms with van der Waals surface area (Å²) in [6.45, 7) is 6.29. The third-order valence-corrected chi connectivity index (χ3v) is 5.73. The Labute approximate surface area is 158 Å². The van der Waals surface area contributed by atoms with Gasteiger partial charge in [0.25, 0.3) is 0 Å². The van der Waals surface area contributed by atoms with Gasteiger partial charge in [0.1, 0.15) is 23.6 Å². The fraction of sp³-hybridized carbons (Fsp3) is 0.429. The molecule has 1 saturated heterocycles. The van der Waals surface area contributed by atoms with Crippen LogP contribution in [0.5, 0.6) is 0 Å². The highest BCUT2D eigenvalue weighted by Crippen LogP contribution is 2.46. The summed E-state index contributed by atoms with van der Waals surface area (Å²) < 4.78 is 15.9. The van der Waals surface area contributed by atoms with Crippen molar-refractivity contribution in [1.29, 1.82) is 0 Å². The maximum Gasteiger partial charge on any atom is 0.150 e. The Morgan fingerprint density at radius 1 is 1.19 bits per heavy atom. The van der Waals surface area contributed by atoms with Gasteiger partial charge in [-0.1, -0.05) is 6.07 Å². The lowest BCUT2D eigenvalue weighted by molar-refractivity contribution is 0.423. The van der Waals surface area contributed by atoms with Crippen LogP contribution in [0.15, 0.2) is 36.8 Å². The standard InChI is InChI=1S/C21H24FN5/c1-13-10-26(14(2)9-23-13)20-19-18(15-6-7-15)11-27(21(19)25-12-24-20)17-5-3-4-16(22)8-17/h3-5,8,11-15,23H,6-7,9-10H2,1-2H3/t13-,14+/m1/s1. The van der Waals surface area contributed by atoms with Crippen LogP contribution in [0.1, 0.15) is 38.2 Å². The van der Waals surface area contributed by atoms with E-state index in [4.69, 9.17) is 4.98 Å². The van der Waals surface area contributed by atoms with Gasteiger partial charge in [-0.15, -0.1) is 0 Å². The summed E-state index contributed by atoms with van der Waals surface area (Å²) in [4.78, 5) is 11.7. The Morgan fingerprint density at radius 3 is 2.81 bits per heavy atom. The number of aromatic nitrogens is 3. The molecule has 0 unspecified atom stereocenters. The molecule has 2 aliphatic rings. The van der Waals surface area contributed by atoms with Gasteiger partial charge < -0.3 is 14.8 Å². The second kappa shape index (κ2) is 6.30. The molecule has 0 amide bonds. The van der Waals surface area contributed by atoms with Crippen molar-refractivity contribution in [3.05, 3.63) is 48.2 Å². The van der Waals surface area contributed by atoms with E-state index in [9.17, 15) is 4.39 Å². The molecule has 2 fully saturated rings. The zero-order chi connectivity index (χ0) is 18.5. The van der Waals surface area contributed by atoms with Gasteiger partial charge in [0.05, 0.1) is 5.39 Å². The van der Waals surface area contributed by atoms with Crippen LogP contribution >= 0.6 is 0 Å². The molecule has 2 atom stereocenters. The summed E-state index contributed by atoms with van der Waals surface area (Å²) in [7, 11) is 0. The first-order chi connectivity index (χ1) is 13.1. The number of anilines is 1. The maximum absolute atomic E-state index is 13.8. The van der Waals surface area contributed by atoms with Gasteiger partial charge >= 0.3 is 0 Å². The third kappa shape index (κ3) is 2.88. The fourth-order valence-electron chi connectivity index (χ4n) is 4.13. The second-order valence-corrected chi connectivity index (χ2v) is 7.92. The van der Waals surface area contributed by atoms with E-state index in [1.54, 1.807) is 18.5 Å². The lowest BCUT2D eigenvalue weighted by Gasteiger charge is -2.38. The Hall–Kier alpha value is -2.47. The molecule has 0 spiro atoms. The largest absolute Gasteiger partial charge is 0.350 e. The number of piperazine rings is 1. The molecule has 1 saturated carbocycles. The first-order valence-corrected chi connectivity index (χ1v) is 9.73. The topological polar surface area (TPSA) is 46.0 Å². The van der Waals surface area contributed by atoms with E-state index in [0.717, 1.165) is 35.6 Å². The van der Waals surface area contributed by atoms with Gasteiger partial charge in [-0.2, -0.15) is 0 Å². The van der Waals surface area contributed by atoms with Crippen LogP contribution in [0.25, 0.3) is 16.7 Å². The van der Waals surface area contributed by atoms with Crippen LogP contribution in [0.4, 0.5) is 10.2 Å². The van der Waals surface area contributed by atoms with Crippen molar-refractivity contribution in [1.82, 2.24) is 19.9 Å². The van der Waals surface area contributed by atoms with Crippen LogP contribution in [-0.2, 0) is 0 Å². The molecule has 5 rings (SSSR count). The van der Waals surface area contributed by atoms with E-state index >= 15 is 0 Å². The average molecular weight is 365 g/mol. The molecular weight excluding hydrogens is 341 g/mol. The van der Waals surface area contributed by atoms with Crippen molar-refractivity contribution >= 4 is 16.9 Å². The van der Waals surface area contributed by atoms with Crippen LogP contribution in [-0.4, -0.2) is 39.7 Å². The minimum absolute atomic E-state index is 0.235. The van der Waals surface area contributed by atoms with Crippen molar-refractivity contribution in [3.63, 3.8) is 0 Å². The molecule has 1 aliphatic carbocycles. The number of fused-ring (bicyclic) bond motifs is 1. The number of benzene rings is 1. The Balaban J connectivity index is 1.72. The molecule has 3 aromatic rings. The lowest BCUT2D eigenvalue weighted by atomic mass is 10.1. The SMILES string of the molecule is C[C@@H]1CN(c2ncnc3c2c(C2CC2)cn3-c2cccc(F)c2)[C@@H](C)CN1. The zero-order valence-electron chi connectivity index (χ0n) is 15.7. The van der Waals surface area contributed by atoms with E-state index in [2.05, 4.69) is 35.2 Å². The quantitative estimate of drug-likeness (QED) is 0.770. The van der Waals surface area contributed by atoms with Crippen molar-refractivity contribution in [2.24, 2.45) is 0 Å². The molecule has 0 bridgehead atoms. The Morgan fingerprint density at radius 2 is 2.04 bits per heavy atom. The molecule has 140 valence electrons. The molecule has 1 aliphatic heterocycles. The van der Waals surface area contributed by atoms with E-state index in [0.29, 0.717) is 18.0 Å². The predicted molar refractivity (Wildman–Crippen MR) is 105 cm³/mol. The third-order valence-electron chi connectivity index (χ3n) is 5.73. The smallest absolute Gasteiger partial charge is 0.150 e. The lowest BCUT2D eigenvalue weighted by Crippen LogP contribution is -2.54. The second-order valence-electron chi connectivity index (χ2n) is 7.92.